The Kier molecular flexibility index (Phi) is 18.6. The van der Waals surface area contributed by atoms with Gasteiger partial charge in [0.2, 0.25) is 0 Å². The molecule has 0 amide bonds. The van der Waals surface area contributed by atoms with Crippen LogP contribution in [0.25, 0.3) is 0 Å². The highest BCUT2D eigenvalue weighted by Gasteiger charge is 2.27. The first-order valence-electron chi connectivity index (χ1n) is 9.25. The lowest BCUT2D eigenvalue weighted by Crippen LogP contribution is -2.27. The molecule has 0 heterocycles. The second-order valence-electron chi connectivity index (χ2n) is 6.70. The van der Waals surface area contributed by atoms with Crippen LogP contribution in [0, 0.1) is 0 Å². The third-order valence-electron chi connectivity index (χ3n) is 4.26. The molecule has 8 heteroatoms. The van der Waals surface area contributed by atoms with Gasteiger partial charge < -0.3 is 5.11 Å². The quantitative estimate of drug-likeness (QED) is 0.127. The number of carboxylic acids is 1. The number of rotatable bonds is 16. The summed E-state index contributed by atoms with van der Waals surface area (Å²) in [5, 5.41) is 8.64. The Labute approximate surface area is 209 Å². The van der Waals surface area contributed by atoms with Crippen LogP contribution in [0.2, 0.25) is 0 Å². The average Bonchev–Trinajstić information content (AvgIpc) is 2.57. The van der Waals surface area contributed by atoms with Gasteiger partial charge >= 0.3 is 5.97 Å². The van der Waals surface area contributed by atoms with E-state index in [2.05, 4.69) is 103 Å². The van der Waals surface area contributed by atoms with E-state index < -0.39 is 5.97 Å². The Balaban J connectivity index is 4.03. The van der Waals surface area contributed by atoms with Crippen LogP contribution in [0.15, 0.2) is 0 Å². The lowest BCUT2D eigenvalue weighted by Gasteiger charge is -2.25. The van der Waals surface area contributed by atoms with E-state index in [1.165, 1.54) is 12.8 Å². The number of alkyl halides is 6. The molecular weight excluding hydrogens is 728 g/mol. The third kappa shape index (κ3) is 14.4. The van der Waals surface area contributed by atoms with Crippen LogP contribution in [0.4, 0.5) is 0 Å². The van der Waals surface area contributed by atoms with Crippen molar-refractivity contribution in [3.8, 4) is 0 Å². The van der Waals surface area contributed by atoms with Crippen molar-refractivity contribution in [2.45, 2.75) is 100 Å². The molecule has 0 spiro atoms. The fourth-order valence-corrected chi connectivity index (χ4v) is 7.42. The highest BCUT2D eigenvalue weighted by atomic mass is 79.9. The van der Waals surface area contributed by atoms with Crippen molar-refractivity contribution >= 4 is 102 Å². The maximum Gasteiger partial charge on any atom is 0.303 e. The molecule has 1 N–H and O–H groups in total. The van der Waals surface area contributed by atoms with Gasteiger partial charge in [-0.25, -0.2) is 0 Å². The Bertz CT molecular complexity index is 372. The van der Waals surface area contributed by atoms with Crippen LogP contribution in [0.1, 0.15) is 71.1 Å². The number of aliphatic carboxylic acids is 1. The molecule has 2 nitrogen and oxygen atoms in total. The fourth-order valence-electron chi connectivity index (χ4n) is 2.63. The Hall–Kier alpha value is 2.35. The lowest BCUT2D eigenvalue weighted by atomic mass is 10.0. The minimum atomic E-state index is -0.691. The third-order valence-corrected chi connectivity index (χ3v) is 12.6. The van der Waals surface area contributed by atoms with Crippen molar-refractivity contribution in [2.75, 3.05) is 0 Å². The molecule has 0 aliphatic rings. The average molecular weight is 758 g/mol. The molecule has 6 atom stereocenters. The minimum Gasteiger partial charge on any atom is -0.481 e. The van der Waals surface area contributed by atoms with Gasteiger partial charge in [-0.1, -0.05) is 128 Å². The molecule has 0 aromatic heterocycles. The molecule has 156 valence electrons. The number of hydrogen-bond donors (Lipinski definition) is 1. The molecule has 0 radical (unpaired) electrons. The van der Waals surface area contributed by atoms with E-state index in [0.717, 1.165) is 44.9 Å². The summed E-state index contributed by atoms with van der Waals surface area (Å²) in [5.74, 6) is -0.691. The molecule has 6 unspecified atom stereocenters. The summed E-state index contributed by atoms with van der Waals surface area (Å²) >= 11 is 23.0. The summed E-state index contributed by atoms with van der Waals surface area (Å²) < 4.78 is 0. The van der Waals surface area contributed by atoms with Crippen molar-refractivity contribution in [3.63, 3.8) is 0 Å². The molecule has 0 rings (SSSR count). The van der Waals surface area contributed by atoms with Crippen LogP contribution in [0.3, 0.4) is 0 Å². The van der Waals surface area contributed by atoms with Gasteiger partial charge in [0.15, 0.2) is 0 Å². The zero-order valence-corrected chi connectivity index (χ0v) is 24.7. The van der Waals surface area contributed by atoms with Crippen LogP contribution in [0.5, 0.6) is 0 Å². The first kappa shape index (κ1) is 28.4. The lowest BCUT2D eigenvalue weighted by molar-refractivity contribution is -0.137. The number of unbranched alkanes of at least 4 members (excludes halogenated alkanes) is 3. The van der Waals surface area contributed by atoms with E-state index in [1.807, 2.05) is 0 Å². The van der Waals surface area contributed by atoms with Gasteiger partial charge in [-0.2, -0.15) is 0 Å². The predicted octanol–water partition coefficient (Wildman–Crippen LogP) is 8.57. The molecule has 0 aromatic carbocycles. The Morgan fingerprint density at radius 1 is 0.692 bits per heavy atom. The van der Waals surface area contributed by atoms with E-state index in [-0.39, 0.29) is 0 Å². The van der Waals surface area contributed by atoms with Gasteiger partial charge in [-0.3, -0.25) is 4.79 Å². The smallest absolute Gasteiger partial charge is 0.303 e. The molecule has 0 aromatic rings. The topological polar surface area (TPSA) is 37.3 Å². The molecule has 0 saturated carbocycles. The van der Waals surface area contributed by atoms with Crippen molar-refractivity contribution in [1.29, 1.82) is 0 Å². The van der Waals surface area contributed by atoms with Crippen LogP contribution in [-0.2, 0) is 4.79 Å². The summed E-state index contributed by atoms with van der Waals surface area (Å²) in [7, 11) is 0. The maximum atomic E-state index is 10.5. The largest absolute Gasteiger partial charge is 0.481 e. The second-order valence-corrected chi connectivity index (χ2v) is 13.8. The summed E-state index contributed by atoms with van der Waals surface area (Å²) in [4.78, 5) is 13.1. The minimum absolute atomic E-state index is 0.290. The highest BCUT2D eigenvalue weighted by molar-refractivity contribution is 9.13. The number of hydrogen-bond acceptors (Lipinski definition) is 1. The maximum absolute atomic E-state index is 10.5. The normalized spacial score (nSPS) is 18.7. The van der Waals surface area contributed by atoms with Crippen LogP contribution >= 0.6 is 95.6 Å². The van der Waals surface area contributed by atoms with E-state index >= 15 is 0 Å². The van der Waals surface area contributed by atoms with Gasteiger partial charge in [0.05, 0.1) is 0 Å². The van der Waals surface area contributed by atoms with Crippen molar-refractivity contribution < 1.29 is 9.90 Å². The van der Waals surface area contributed by atoms with Crippen molar-refractivity contribution in [2.24, 2.45) is 0 Å². The van der Waals surface area contributed by atoms with Crippen molar-refractivity contribution in [3.05, 3.63) is 0 Å². The molecular formula is C18H30Br6O2. The summed E-state index contributed by atoms with van der Waals surface area (Å²) in [6.07, 6.45) is 9.91. The second kappa shape index (κ2) is 17.1. The monoisotopic (exact) mass is 752 g/mol. The molecule has 0 saturated heterocycles. The van der Waals surface area contributed by atoms with Gasteiger partial charge in [-0.05, 0) is 32.1 Å². The molecule has 0 aliphatic heterocycles. The van der Waals surface area contributed by atoms with E-state index in [4.69, 9.17) is 5.11 Å². The predicted molar refractivity (Wildman–Crippen MR) is 136 cm³/mol. The first-order chi connectivity index (χ1) is 12.2. The summed E-state index contributed by atoms with van der Waals surface area (Å²) in [6, 6.07) is 0. The van der Waals surface area contributed by atoms with Crippen molar-refractivity contribution in [1.82, 2.24) is 0 Å². The highest BCUT2D eigenvalue weighted by Crippen LogP contribution is 2.33. The zero-order chi connectivity index (χ0) is 20.1. The van der Waals surface area contributed by atoms with E-state index in [9.17, 15) is 4.79 Å². The summed E-state index contributed by atoms with van der Waals surface area (Å²) in [5.41, 5.74) is 0. The Morgan fingerprint density at radius 3 is 1.58 bits per heavy atom. The number of halogens is 6. The molecule has 0 fully saturated rings. The fraction of sp³-hybridized carbons (Fsp3) is 0.944. The van der Waals surface area contributed by atoms with Gasteiger partial charge in [0, 0.05) is 35.4 Å². The number of carbonyl (C=O) groups is 1. The Morgan fingerprint density at radius 2 is 1.12 bits per heavy atom. The standard InChI is InChI=1S/C18H30Br6O2/c1-2-7-12(19)14(21)10-16(23)17(24)11-15(22)13(20)8-5-3-4-6-9-18(25)26/h12-17H,2-11H2,1H3,(H,25,26). The SMILES string of the molecule is CCCC(Br)C(Br)CC(Br)C(Br)CC(Br)C(Br)CCCCCCC(=O)O. The van der Waals surface area contributed by atoms with Gasteiger partial charge in [-0.15, -0.1) is 0 Å². The van der Waals surface area contributed by atoms with Crippen LogP contribution < -0.4 is 0 Å². The molecule has 0 aliphatic carbocycles. The number of carboxylic acid groups (broad SMARTS) is 1. The molecule has 26 heavy (non-hydrogen) atoms. The van der Waals surface area contributed by atoms with E-state index in [0.29, 0.717) is 35.4 Å². The zero-order valence-electron chi connectivity index (χ0n) is 15.2. The summed E-state index contributed by atoms with van der Waals surface area (Å²) in [6.45, 7) is 2.21. The molecule has 0 bridgehead atoms. The van der Waals surface area contributed by atoms with E-state index in [1.54, 1.807) is 0 Å². The first-order valence-corrected chi connectivity index (χ1v) is 14.7. The van der Waals surface area contributed by atoms with Crippen LogP contribution in [-0.4, -0.2) is 40.0 Å². The van der Waals surface area contributed by atoms with Gasteiger partial charge in [0.1, 0.15) is 0 Å². The van der Waals surface area contributed by atoms with Gasteiger partial charge in [0.25, 0.3) is 0 Å².